The zero-order valence-electron chi connectivity index (χ0n) is 19.6. The van der Waals surface area contributed by atoms with E-state index >= 15 is 0 Å². The molecule has 2 aromatic rings. The number of nitrogens with one attached hydrogen (secondary N) is 2. The maximum Gasteiger partial charge on any atom is 0.315 e. The number of nitrogens with zero attached hydrogens (tertiary/aromatic N) is 4. The van der Waals surface area contributed by atoms with Gasteiger partial charge in [0.15, 0.2) is 0 Å². The quantitative estimate of drug-likeness (QED) is 0.501. The zero-order valence-corrected chi connectivity index (χ0v) is 19.6. The monoisotopic (exact) mass is 492 g/mol. The van der Waals surface area contributed by atoms with Crippen LogP contribution in [0.2, 0.25) is 0 Å². The van der Waals surface area contributed by atoms with Crippen molar-refractivity contribution in [2.45, 2.75) is 12.5 Å². The normalized spacial score (nSPS) is 23.4. The predicted molar refractivity (Wildman–Crippen MR) is 139 cm³/mol. The van der Waals surface area contributed by atoms with E-state index in [2.05, 4.69) is 15.3 Å². The topological polar surface area (TPSA) is 139 Å². The second-order valence-corrected chi connectivity index (χ2v) is 9.12. The predicted octanol–water partition coefficient (Wildman–Crippen LogP) is 2.91. The van der Waals surface area contributed by atoms with Crippen molar-refractivity contribution >= 4 is 28.9 Å². The van der Waals surface area contributed by atoms with Crippen molar-refractivity contribution < 1.29 is 9.85 Å². The van der Waals surface area contributed by atoms with Gasteiger partial charge in [-0.3, -0.25) is 20.2 Å². The van der Waals surface area contributed by atoms with Crippen LogP contribution in [0.3, 0.4) is 0 Å². The molecule has 2 unspecified atom stereocenters. The smallest absolute Gasteiger partial charge is 0.315 e. The fourth-order valence-corrected chi connectivity index (χ4v) is 4.97. The number of aromatic amines is 1. The molecule has 2 atom stereocenters. The first-order valence-electron chi connectivity index (χ1n) is 11.6. The van der Waals surface area contributed by atoms with Crippen molar-refractivity contribution in [2.75, 3.05) is 0 Å². The third-order valence-electron chi connectivity index (χ3n) is 6.77. The van der Waals surface area contributed by atoms with Gasteiger partial charge < -0.3 is 10.3 Å². The first-order chi connectivity index (χ1) is 17.8. The number of hydrogen-bond acceptors (Lipinski definition) is 7. The number of fused-ring (bicyclic) bond motifs is 6. The van der Waals surface area contributed by atoms with Crippen LogP contribution in [0.1, 0.15) is 12.5 Å². The number of benzene rings is 1. The van der Waals surface area contributed by atoms with Crippen LogP contribution in [-0.4, -0.2) is 26.3 Å². The van der Waals surface area contributed by atoms with Gasteiger partial charge in [-0.25, -0.2) is 9.98 Å². The molecule has 0 saturated carbocycles. The SMILES string of the molecule is CC1C=C2NC1(c1ccc([N+](=O)[O-])cc1)C=C1C=CC(=N1)C=C1C=CC(=N1)C=c1ccc([nH]1)=C2[N+](=O)[O-]. The Morgan fingerprint density at radius 2 is 1.57 bits per heavy atom. The van der Waals surface area contributed by atoms with E-state index in [1.165, 1.54) is 12.1 Å². The van der Waals surface area contributed by atoms with Crippen LogP contribution in [-0.2, 0) is 5.54 Å². The largest absolute Gasteiger partial charge is 0.366 e. The molecule has 2 N–H and O–H groups in total. The van der Waals surface area contributed by atoms with Crippen LogP contribution >= 0.6 is 0 Å². The summed E-state index contributed by atoms with van der Waals surface area (Å²) in [6.07, 6.45) is 14.9. The van der Waals surface area contributed by atoms with Gasteiger partial charge in [0.1, 0.15) is 11.0 Å². The van der Waals surface area contributed by atoms with Gasteiger partial charge in [-0.15, -0.1) is 0 Å². The van der Waals surface area contributed by atoms with Crippen molar-refractivity contribution in [3.8, 4) is 0 Å². The fraction of sp³-hybridized carbons (Fsp3) is 0.111. The molecule has 6 rings (SSSR count). The highest BCUT2D eigenvalue weighted by atomic mass is 16.6. The molecule has 10 nitrogen and oxygen atoms in total. The Morgan fingerprint density at radius 1 is 0.865 bits per heavy atom. The molecule has 4 aliphatic heterocycles. The van der Waals surface area contributed by atoms with Gasteiger partial charge in [-0.2, -0.15) is 0 Å². The summed E-state index contributed by atoms with van der Waals surface area (Å²) in [7, 11) is 0. The summed E-state index contributed by atoms with van der Waals surface area (Å²) in [5.74, 6) is -0.251. The second-order valence-electron chi connectivity index (χ2n) is 9.12. The molecule has 1 aromatic heterocycles. The van der Waals surface area contributed by atoms with E-state index in [4.69, 9.17) is 4.99 Å². The average molecular weight is 492 g/mol. The Morgan fingerprint density at radius 3 is 2.30 bits per heavy atom. The standard InChI is InChI=1S/C27H20N6O4/c1-16-12-25-26(33(36)37)24-11-8-21(30-24)14-19-5-4-18(28-19)13-20-6-7-22(29-20)15-27(16,31-25)17-2-9-23(10-3-17)32(34)35/h2-16,30-31H,1H3. The van der Waals surface area contributed by atoms with E-state index in [9.17, 15) is 20.2 Å². The summed E-state index contributed by atoms with van der Waals surface area (Å²) in [6.45, 7) is 1.95. The highest BCUT2D eigenvalue weighted by molar-refractivity contribution is 6.19. The van der Waals surface area contributed by atoms with Crippen LogP contribution in [0.25, 0.3) is 11.8 Å². The van der Waals surface area contributed by atoms with Gasteiger partial charge in [0, 0.05) is 23.4 Å². The Bertz CT molecular complexity index is 1720. The summed E-state index contributed by atoms with van der Waals surface area (Å²) in [5, 5.41) is 28.0. The van der Waals surface area contributed by atoms with Gasteiger partial charge >= 0.3 is 5.70 Å². The summed E-state index contributed by atoms with van der Waals surface area (Å²) in [4.78, 5) is 35.1. The van der Waals surface area contributed by atoms with Crippen LogP contribution in [0.5, 0.6) is 0 Å². The minimum Gasteiger partial charge on any atom is -0.366 e. The van der Waals surface area contributed by atoms with Gasteiger partial charge in [-0.05, 0) is 78.4 Å². The molecule has 8 bridgehead atoms. The van der Waals surface area contributed by atoms with Crippen molar-refractivity contribution in [1.82, 2.24) is 10.3 Å². The summed E-state index contributed by atoms with van der Waals surface area (Å²) in [6, 6.07) is 9.66. The molecule has 37 heavy (non-hydrogen) atoms. The number of allylic oxidation sites excluding steroid dienone is 5. The number of hydrogen-bond donors (Lipinski definition) is 2. The van der Waals surface area contributed by atoms with Crippen LogP contribution < -0.4 is 16.0 Å². The molecule has 182 valence electrons. The number of H-pyrrole nitrogens is 1. The molecule has 0 saturated heterocycles. The molecule has 0 radical (unpaired) electrons. The van der Waals surface area contributed by atoms with Crippen LogP contribution in [0, 0.1) is 26.1 Å². The first-order valence-corrected chi connectivity index (χ1v) is 11.6. The van der Waals surface area contributed by atoms with Crippen molar-refractivity contribution in [3.63, 3.8) is 0 Å². The maximum atomic E-state index is 12.3. The van der Waals surface area contributed by atoms with Crippen LogP contribution in [0.4, 0.5) is 5.69 Å². The van der Waals surface area contributed by atoms with Crippen molar-refractivity contribution in [2.24, 2.45) is 15.9 Å². The minimum absolute atomic E-state index is 0.0372. The Labute approximate surface area is 210 Å². The Kier molecular flexibility index (Phi) is 4.97. The number of aliphatic imine (C=N–C) groups is 2. The summed E-state index contributed by atoms with van der Waals surface area (Å²) < 4.78 is 0. The lowest BCUT2D eigenvalue weighted by Gasteiger charge is -2.33. The molecule has 0 amide bonds. The van der Waals surface area contributed by atoms with Crippen molar-refractivity contribution in [1.29, 1.82) is 0 Å². The molecule has 0 fully saturated rings. The number of non-ortho nitro benzene ring substituents is 1. The number of rotatable bonds is 3. The Hall–Kier alpha value is -5.12. The fourth-order valence-electron chi connectivity index (χ4n) is 4.97. The number of nitro groups is 2. The molecule has 0 spiro atoms. The van der Waals surface area contributed by atoms with Gasteiger partial charge in [0.05, 0.1) is 38.2 Å². The van der Waals surface area contributed by atoms with Crippen LogP contribution in [0.15, 0.2) is 106 Å². The third-order valence-corrected chi connectivity index (χ3v) is 6.77. The van der Waals surface area contributed by atoms with E-state index < -0.39 is 15.4 Å². The number of nitro benzene ring substituents is 1. The second kappa shape index (κ2) is 8.23. The lowest BCUT2D eigenvalue weighted by Crippen LogP contribution is -2.41. The summed E-state index contributed by atoms with van der Waals surface area (Å²) in [5.41, 5.74) is 2.84. The first kappa shape index (κ1) is 22.4. The van der Waals surface area contributed by atoms with E-state index in [1.54, 1.807) is 24.3 Å². The summed E-state index contributed by atoms with van der Waals surface area (Å²) >= 11 is 0. The average Bonchev–Trinajstić information content (AvgIpc) is 3.65. The number of aromatic nitrogens is 1. The molecule has 4 aliphatic rings. The highest BCUT2D eigenvalue weighted by Gasteiger charge is 2.44. The van der Waals surface area contributed by atoms with Gasteiger partial charge in [0.25, 0.3) is 5.69 Å². The van der Waals surface area contributed by atoms with Gasteiger partial charge in [0.2, 0.25) is 0 Å². The molecule has 0 aliphatic carbocycles. The molecule has 5 heterocycles. The lowest BCUT2D eigenvalue weighted by atomic mass is 9.80. The molecular weight excluding hydrogens is 472 g/mol. The molecule has 1 aromatic carbocycles. The molecule has 10 heteroatoms. The lowest BCUT2D eigenvalue weighted by molar-refractivity contribution is -0.384. The highest BCUT2D eigenvalue weighted by Crippen LogP contribution is 2.42. The maximum absolute atomic E-state index is 12.3. The minimum atomic E-state index is -0.936. The van der Waals surface area contributed by atoms with E-state index in [0.717, 1.165) is 22.7 Å². The third kappa shape index (κ3) is 3.84. The molecular formula is C27H20N6O4. The zero-order chi connectivity index (χ0) is 25.7. The van der Waals surface area contributed by atoms with E-state index in [-0.39, 0.29) is 17.3 Å². The Balaban J connectivity index is 1.60. The van der Waals surface area contributed by atoms with E-state index in [1.807, 2.05) is 55.5 Å². The van der Waals surface area contributed by atoms with E-state index in [0.29, 0.717) is 22.1 Å². The van der Waals surface area contributed by atoms with Crippen molar-refractivity contribution in [3.05, 3.63) is 133 Å². The van der Waals surface area contributed by atoms with Gasteiger partial charge in [-0.1, -0.05) is 6.92 Å².